The van der Waals surface area contributed by atoms with Crippen molar-refractivity contribution in [2.45, 2.75) is 76.2 Å². The highest BCUT2D eigenvalue weighted by molar-refractivity contribution is 5.32. The first-order chi connectivity index (χ1) is 12.6. The molecule has 2 saturated carbocycles. The monoisotopic (exact) mass is 364 g/mol. The lowest BCUT2D eigenvalue weighted by molar-refractivity contribution is -0.0458. The highest BCUT2D eigenvalue weighted by Gasteiger charge is 2.35. The molecule has 1 heterocycles. The van der Waals surface area contributed by atoms with Crippen LogP contribution in [-0.2, 0) is 4.74 Å². The maximum Gasteiger partial charge on any atom is 0.200 e. The SMILES string of the molecule is Oc1ccc(C2CCC(C3CCC(C4CCCC4)CC3)OC2)c(F)c1F. The number of phenols is 1. The van der Waals surface area contributed by atoms with E-state index in [0.29, 0.717) is 18.1 Å². The van der Waals surface area contributed by atoms with Crippen LogP contribution in [0.4, 0.5) is 8.78 Å². The maximum atomic E-state index is 14.1. The van der Waals surface area contributed by atoms with E-state index in [4.69, 9.17) is 4.74 Å². The second-order valence-electron chi connectivity index (χ2n) is 8.67. The van der Waals surface area contributed by atoms with Gasteiger partial charge in [0, 0.05) is 5.92 Å². The van der Waals surface area contributed by atoms with Crippen LogP contribution in [0.15, 0.2) is 12.1 Å². The van der Waals surface area contributed by atoms with Gasteiger partial charge in [-0.15, -0.1) is 0 Å². The normalized spacial score (nSPS) is 33.5. The van der Waals surface area contributed by atoms with Crippen LogP contribution in [-0.4, -0.2) is 17.8 Å². The zero-order valence-corrected chi connectivity index (χ0v) is 15.4. The summed E-state index contributed by atoms with van der Waals surface area (Å²) in [7, 11) is 0. The molecule has 1 aromatic carbocycles. The van der Waals surface area contributed by atoms with Gasteiger partial charge in [-0.3, -0.25) is 0 Å². The molecule has 0 radical (unpaired) electrons. The fraction of sp³-hybridized carbons (Fsp3) is 0.727. The van der Waals surface area contributed by atoms with E-state index in [-0.39, 0.29) is 12.0 Å². The first kappa shape index (κ1) is 18.2. The van der Waals surface area contributed by atoms with Gasteiger partial charge in [0.15, 0.2) is 11.6 Å². The Morgan fingerprint density at radius 3 is 2.08 bits per heavy atom. The molecule has 26 heavy (non-hydrogen) atoms. The van der Waals surface area contributed by atoms with Crippen LogP contribution in [0, 0.1) is 29.4 Å². The molecule has 144 valence electrons. The molecule has 0 amide bonds. The summed E-state index contributed by atoms with van der Waals surface area (Å²) in [5, 5.41) is 9.29. The van der Waals surface area contributed by atoms with E-state index >= 15 is 0 Å². The fourth-order valence-electron chi connectivity index (χ4n) is 5.68. The van der Waals surface area contributed by atoms with Crippen LogP contribution in [0.5, 0.6) is 5.75 Å². The van der Waals surface area contributed by atoms with Gasteiger partial charge in [-0.2, -0.15) is 4.39 Å². The summed E-state index contributed by atoms with van der Waals surface area (Å²) < 4.78 is 33.8. The first-order valence-corrected chi connectivity index (χ1v) is 10.4. The summed E-state index contributed by atoms with van der Waals surface area (Å²) in [6, 6.07) is 2.74. The molecule has 0 aromatic heterocycles. The molecule has 1 N–H and O–H groups in total. The second kappa shape index (κ2) is 7.84. The van der Waals surface area contributed by atoms with Crippen molar-refractivity contribution in [2.75, 3.05) is 6.61 Å². The molecule has 1 aliphatic heterocycles. The average molecular weight is 364 g/mol. The van der Waals surface area contributed by atoms with Gasteiger partial charge in [0.05, 0.1) is 12.7 Å². The molecule has 0 spiro atoms. The minimum absolute atomic E-state index is 0.115. The van der Waals surface area contributed by atoms with Crippen molar-refractivity contribution >= 4 is 0 Å². The number of aromatic hydroxyl groups is 1. The standard InChI is InChI=1S/C22H30F2O2/c23-21-18(10-11-19(25)22(21)24)17-9-12-20(26-13-17)16-7-5-15(6-8-16)14-3-1-2-4-14/h10-11,14-17,20,25H,1-9,12-13H2. The van der Waals surface area contributed by atoms with Crippen molar-refractivity contribution in [3.05, 3.63) is 29.3 Å². The van der Waals surface area contributed by atoms with Crippen molar-refractivity contribution in [1.82, 2.24) is 0 Å². The molecule has 2 nitrogen and oxygen atoms in total. The molecule has 2 aliphatic carbocycles. The Bertz CT molecular complexity index is 611. The maximum absolute atomic E-state index is 14.1. The van der Waals surface area contributed by atoms with Crippen molar-refractivity contribution in [3.63, 3.8) is 0 Å². The predicted molar refractivity (Wildman–Crippen MR) is 97.1 cm³/mol. The summed E-state index contributed by atoms with van der Waals surface area (Å²) >= 11 is 0. The number of hydrogen-bond acceptors (Lipinski definition) is 2. The topological polar surface area (TPSA) is 29.5 Å². The Morgan fingerprint density at radius 1 is 0.769 bits per heavy atom. The molecule has 1 aromatic rings. The van der Waals surface area contributed by atoms with Crippen molar-refractivity contribution < 1.29 is 18.6 Å². The molecular weight excluding hydrogens is 334 g/mol. The molecule has 3 aliphatic rings. The van der Waals surface area contributed by atoms with Crippen LogP contribution >= 0.6 is 0 Å². The quantitative estimate of drug-likeness (QED) is 0.720. The molecule has 1 saturated heterocycles. The lowest BCUT2D eigenvalue weighted by Crippen LogP contribution is -2.34. The number of halogens is 2. The largest absolute Gasteiger partial charge is 0.505 e. The number of hydrogen-bond donors (Lipinski definition) is 1. The van der Waals surface area contributed by atoms with Gasteiger partial charge in [0.1, 0.15) is 0 Å². The van der Waals surface area contributed by atoms with Gasteiger partial charge in [-0.1, -0.05) is 31.7 Å². The summed E-state index contributed by atoms with van der Waals surface area (Å²) in [6.45, 7) is 0.453. The third-order valence-corrected chi connectivity index (χ3v) is 7.25. The Hall–Kier alpha value is -1.16. The van der Waals surface area contributed by atoms with Crippen LogP contribution in [0.2, 0.25) is 0 Å². The summed E-state index contributed by atoms with van der Waals surface area (Å²) in [6.07, 6.45) is 13.0. The van der Waals surface area contributed by atoms with Gasteiger partial charge in [0.25, 0.3) is 0 Å². The lowest BCUT2D eigenvalue weighted by Gasteiger charge is -2.39. The molecule has 4 rings (SSSR count). The summed E-state index contributed by atoms with van der Waals surface area (Å²) in [4.78, 5) is 0. The Morgan fingerprint density at radius 2 is 1.42 bits per heavy atom. The number of ether oxygens (including phenoxy) is 1. The smallest absolute Gasteiger partial charge is 0.200 e. The van der Waals surface area contributed by atoms with E-state index in [1.165, 1.54) is 63.5 Å². The summed E-state index contributed by atoms with van der Waals surface area (Å²) in [5.74, 6) is -0.269. The number of benzene rings is 1. The van der Waals surface area contributed by atoms with Gasteiger partial charge < -0.3 is 9.84 Å². The van der Waals surface area contributed by atoms with Crippen molar-refractivity contribution in [1.29, 1.82) is 0 Å². The van der Waals surface area contributed by atoms with Gasteiger partial charge in [-0.25, -0.2) is 4.39 Å². The Labute approximate surface area is 154 Å². The van der Waals surface area contributed by atoms with Crippen molar-refractivity contribution in [2.24, 2.45) is 17.8 Å². The van der Waals surface area contributed by atoms with E-state index in [0.717, 1.165) is 24.7 Å². The molecule has 2 unspecified atom stereocenters. The molecule has 0 bridgehead atoms. The molecule has 3 fully saturated rings. The number of phenolic OH excluding ortho intramolecular Hbond substituents is 1. The molecule has 2 atom stereocenters. The van der Waals surface area contributed by atoms with Crippen LogP contribution in [0.3, 0.4) is 0 Å². The third-order valence-electron chi connectivity index (χ3n) is 7.25. The third kappa shape index (κ3) is 3.62. The van der Waals surface area contributed by atoms with E-state index in [9.17, 15) is 13.9 Å². The lowest BCUT2D eigenvalue weighted by atomic mass is 9.72. The minimum atomic E-state index is -1.14. The zero-order valence-electron chi connectivity index (χ0n) is 15.4. The van der Waals surface area contributed by atoms with Gasteiger partial charge in [-0.05, 0) is 67.9 Å². The van der Waals surface area contributed by atoms with E-state index in [1.54, 1.807) is 0 Å². The van der Waals surface area contributed by atoms with Crippen LogP contribution < -0.4 is 0 Å². The number of rotatable bonds is 3. The summed E-state index contributed by atoms with van der Waals surface area (Å²) in [5.41, 5.74) is 0.337. The first-order valence-electron chi connectivity index (χ1n) is 10.4. The van der Waals surface area contributed by atoms with Crippen LogP contribution in [0.25, 0.3) is 0 Å². The van der Waals surface area contributed by atoms with Gasteiger partial charge >= 0.3 is 0 Å². The Balaban J connectivity index is 1.30. The average Bonchev–Trinajstić information content (AvgIpc) is 3.22. The molecule has 4 heteroatoms. The zero-order chi connectivity index (χ0) is 18.1. The highest BCUT2D eigenvalue weighted by Crippen LogP contribution is 2.44. The predicted octanol–water partition coefficient (Wildman–Crippen LogP) is 5.93. The second-order valence-corrected chi connectivity index (χ2v) is 8.67. The van der Waals surface area contributed by atoms with E-state index < -0.39 is 17.4 Å². The van der Waals surface area contributed by atoms with Crippen molar-refractivity contribution in [3.8, 4) is 5.75 Å². The van der Waals surface area contributed by atoms with E-state index in [1.807, 2.05) is 0 Å². The minimum Gasteiger partial charge on any atom is -0.505 e. The van der Waals surface area contributed by atoms with Crippen LogP contribution in [0.1, 0.15) is 75.7 Å². The van der Waals surface area contributed by atoms with Gasteiger partial charge in [0.2, 0.25) is 5.82 Å². The van der Waals surface area contributed by atoms with E-state index in [2.05, 4.69) is 0 Å². The Kier molecular flexibility index (Phi) is 5.49. The molecular formula is C22H30F2O2. The fourth-order valence-corrected chi connectivity index (χ4v) is 5.68. The highest BCUT2D eigenvalue weighted by atomic mass is 19.2.